The molecule has 0 radical (unpaired) electrons. The smallest absolute Gasteiger partial charge is 0.164 e. The number of ketones is 1. The molecule has 2 aliphatic heterocycles. The zero-order valence-corrected chi connectivity index (χ0v) is 20.8. The molecule has 2 aromatic rings. The number of carbonyl (C=O) groups is 1. The van der Waals surface area contributed by atoms with E-state index in [2.05, 4.69) is 18.7 Å². The molecule has 4 rings (SSSR count). The number of allylic oxidation sites excluding steroid dienone is 2. The molecule has 0 bridgehead atoms. The lowest BCUT2D eigenvalue weighted by Crippen LogP contribution is -2.62. The number of rotatable bonds is 5. The summed E-state index contributed by atoms with van der Waals surface area (Å²) in [4.78, 5) is 14.6. The highest BCUT2D eigenvalue weighted by Gasteiger charge is 2.49. The lowest BCUT2D eigenvalue weighted by molar-refractivity contribution is -0.252. The number of ether oxygens (including phenoxy) is 1. The van der Waals surface area contributed by atoms with E-state index in [9.17, 15) is 30.5 Å². The Kier molecular flexibility index (Phi) is 7.87. The molecule has 2 aromatic carbocycles. The van der Waals surface area contributed by atoms with Gasteiger partial charge in [-0.2, -0.15) is 5.26 Å². The van der Waals surface area contributed by atoms with E-state index in [1.807, 2.05) is 0 Å². The Labute approximate surface area is 218 Å². The standard InChI is InChI=1S/C26H25ClN2O6S/c1-13(31)19-20(14-7-9-16(27)10-8-14)17(11-28)26(36)29(21(19)15-5-3-2-4-6-15)25-24(34)23(33)22(32)18(12-30)35-25/h2-10,18,20,22-25,30,32-34,36H,12H2,1H3/t18-,20-,22+,23+,24+,25-/m0/s1. The van der Waals surface area contributed by atoms with Crippen molar-refractivity contribution in [1.82, 2.24) is 4.90 Å². The lowest BCUT2D eigenvalue weighted by atomic mass is 9.78. The molecule has 8 nitrogen and oxygen atoms in total. The summed E-state index contributed by atoms with van der Waals surface area (Å²) in [6.45, 7) is 0.745. The maximum absolute atomic E-state index is 13.2. The number of carbonyl (C=O) groups excluding carboxylic acids is 1. The van der Waals surface area contributed by atoms with Crippen molar-refractivity contribution in [3.05, 3.63) is 86.9 Å². The molecule has 0 spiro atoms. The molecular formula is C26H25ClN2O6S. The maximum atomic E-state index is 13.2. The molecule has 6 atom stereocenters. The number of Topliss-reactive ketones (excluding diaryl/α,β-unsaturated/α-hetero) is 1. The fourth-order valence-electron chi connectivity index (χ4n) is 4.68. The van der Waals surface area contributed by atoms with Crippen molar-refractivity contribution in [2.45, 2.75) is 43.5 Å². The first kappa shape index (κ1) is 26.4. The molecule has 1 saturated heterocycles. The van der Waals surface area contributed by atoms with Crippen molar-refractivity contribution in [3.63, 3.8) is 0 Å². The van der Waals surface area contributed by atoms with Crippen LogP contribution in [0.2, 0.25) is 5.02 Å². The van der Waals surface area contributed by atoms with Crippen molar-refractivity contribution in [2.75, 3.05) is 6.61 Å². The van der Waals surface area contributed by atoms with Gasteiger partial charge in [-0.25, -0.2) is 0 Å². The molecule has 0 saturated carbocycles. The third kappa shape index (κ3) is 4.58. The Bertz CT molecular complexity index is 1240. The minimum atomic E-state index is -1.67. The van der Waals surface area contributed by atoms with E-state index in [1.54, 1.807) is 54.6 Å². The van der Waals surface area contributed by atoms with Crippen LogP contribution in [-0.4, -0.2) is 68.4 Å². The molecule has 36 heavy (non-hydrogen) atoms. The maximum Gasteiger partial charge on any atom is 0.164 e. The van der Waals surface area contributed by atoms with Gasteiger partial charge in [-0.1, -0.05) is 54.1 Å². The fourth-order valence-corrected chi connectivity index (χ4v) is 5.20. The monoisotopic (exact) mass is 528 g/mol. The van der Waals surface area contributed by atoms with E-state index in [1.165, 1.54) is 11.8 Å². The highest BCUT2D eigenvalue weighted by molar-refractivity contribution is 7.84. The Hall–Kier alpha value is -2.68. The van der Waals surface area contributed by atoms with Gasteiger partial charge in [-0.3, -0.25) is 4.79 Å². The number of aliphatic hydroxyl groups excluding tert-OH is 4. The van der Waals surface area contributed by atoms with Crippen LogP contribution in [0.25, 0.3) is 5.70 Å². The Morgan fingerprint density at radius 3 is 2.28 bits per heavy atom. The van der Waals surface area contributed by atoms with E-state index >= 15 is 0 Å². The van der Waals surface area contributed by atoms with Crippen LogP contribution in [0.15, 0.2) is 70.8 Å². The Morgan fingerprint density at radius 2 is 1.72 bits per heavy atom. The number of aliphatic hydroxyl groups is 4. The first-order valence-electron chi connectivity index (χ1n) is 11.2. The van der Waals surface area contributed by atoms with E-state index in [0.717, 1.165) is 0 Å². The SMILES string of the molecule is CC(=O)C1=C(c2ccccc2)N([C@H]2O[C@@H](CO)[C@@H](O)[C@@H](O)[C@H]2O)C(S)=C(C#N)[C@@H]1c1ccc(Cl)cc1. The predicted octanol–water partition coefficient (Wildman–Crippen LogP) is 2.20. The van der Waals surface area contributed by atoms with Gasteiger partial charge in [0.1, 0.15) is 24.4 Å². The van der Waals surface area contributed by atoms with Crippen molar-refractivity contribution >= 4 is 35.7 Å². The highest BCUT2D eigenvalue weighted by atomic mass is 35.5. The number of nitriles is 1. The second kappa shape index (κ2) is 10.7. The average molecular weight is 529 g/mol. The first-order valence-corrected chi connectivity index (χ1v) is 12.0. The van der Waals surface area contributed by atoms with Crippen molar-refractivity contribution in [1.29, 1.82) is 5.26 Å². The van der Waals surface area contributed by atoms with Crippen LogP contribution in [-0.2, 0) is 9.53 Å². The summed E-state index contributed by atoms with van der Waals surface area (Å²) in [5.74, 6) is -1.13. The van der Waals surface area contributed by atoms with E-state index in [-0.39, 0.29) is 22.0 Å². The van der Waals surface area contributed by atoms with Gasteiger partial charge in [-0.05, 0) is 30.2 Å². The topological polar surface area (TPSA) is 134 Å². The molecule has 10 heteroatoms. The van der Waals surface area contributed by atoms with Gasteiger partial charge in [-0.15, -0.1) is 12.6 Å². The summed E-state index contributed by atoms with van der Waals surface area (Å²) in [6, 6.07) is 17.8. The second-order valence-electron chi connectivity index (χ2n) is 8.61. The number of hydrogen-bond acceptors (Lipinski definition) is 9. The number of nitrogens with zero attached hydrogens (tertiary/aromatic N) is 2. The Morgan fingerprint density at radius 1 is 1.08 bits per heavy atom. The molecule has 188 valence electrons. The van der Waals surface area contributed by atoms with Gasteiger partial charge >= 0.3 is 0 Å². The highest BCUT2D eigenvalue weighted by Crippen LogP contribution is 2.48. The molecule has 2 aliphatic rings. The molecule has 0 amide bonds. The normalized spacial score (nSPS) is 28.8. The average Bonchev–Trinajstić information content (AvgIpc) is 2.88. The number of halogens is 1. The summed E-state index contributed by atoms with van der Waals surface area (Å²) in [5, 5.41) is 52.2. The summed E-state index contributed by atoms with van der Waals surface area (Å²) in [7, 11) is 0. The minimum absolute atomic E-state index is 0.0885. The van der Waals surface area contributed by atoms with Crippen LogP contribution >= 0.6 is 24.2 Å². The van der Waals surface area contributed by atoms with Crippen LogP contribution in [0.3, 0.4) is 0 Å². The summed E-state index contributed by atoms with van der Waals surface area (Å²) < 4.78 is 5.83. The van der Waals surface area contributed by atoms with E-state index < -0.39 is 43.2 Å². The van der Waals surface area contributed by atoms with Gasteiger partial charge < -0.3 is 30.1 Å². The molecule has 0 unspecified atom stereocenters. The third-order valence-electron chi connectivity index (χ3n) is 6.41. The largest absolute Gasteiger partial charge is 0.394 e. The third-order valence-corrected chi connectivity index (χ3v) is 7.12. The molecular weight excluding hydrogens is 504 g/mol. The van der Waals surface area contributed by atoms with Gasteiger partial charge in [0.25, 0.3) is 0 Å². The van der Waals surface area contributed by atoms with Gasteiger partial charge in [0.2, 0.25) is 0 Å². The molecule has 4 N–H and O–H groups in total. The lowest BCUT2D eigenvalue weighted by Gasteiger charge is -2.48. The zero-order chi connectivity index (χ0) is 26.1. The van der Waals surface area contributed by atoms with Crippen molar-refractivity contribution < 1.29 is 30.0 Å². The molecule has 0 aromatic heterocycles. The molecule has 0 aliphatic carbocycles. The van der Waals surface area contributed by atoms with Gasteiger partial charge in [0.15, 0.2) is 12.0 Å². The number of thiol groups is 1. The summed E-state index contributed by atoms with van der Waals surface area (Å²) in [5.41, 5.74) is 1.88. The van der Waals surface area contributed by atoms with Gasteiger partial charge in [0.05, 0.1) is 34.9 Å². The van der Waals surface area contributed by atoms with Crippen molar-refractivity contribution in [2.24, 2.45) is 0 Å². The first-order chi connectivity index (χ1) is 17.2. The fraction of sp³-hybridized carbons (Fsp3) is 0.308. The number of hydrogen-bond donors (Lipinski definition) is 5. The van der Waals surface area contributed by atoms with E-state index in [0.29, 0.717) is 21.8 Å². The van der Waals surface area contributed by atoms with E-state index in [4.69, 9.17) is 16.3 Å². The summed E-state index contributed by atoms with van der Waals surface area (Å²) in [6.07, 6.45) is -7.49. The summed E-state index contributed by atoms with van der Waals surface area (Å²) >= 11 is 10.7. The number of benzene rings is 2. The van der Waals surface area contributed by atoms with Crippen LogP contribution in [0.5, 0.6) is 0 Å². The van der Waals surface area contributed by atoms with Crippen LogP contribution in [0.1, 0.15) is 24.0 Å². The Balaban J connectivity index is 2.01. The van der Waals surface area contributed by atoms with Crippen LogP contribution in [0.4, 0.5) is 0 Å². The van der Waals surface area contributed by atoms with Crippen LogP contribution in [0, 0.1) is 11.3 Å². The minimum Gasteiger partial charge on any atom is -0.394 e. The molecule has 1 fully saturated rings. The van der Waals surface area contributed by atoms with Crippen LogP contribution < -0.4 is 0 Å². The predicted molar refractivity (Wildman–Crippen MR) is 135 cm³/mol. The zero-order valence-electron chi connectivity index (χ0n) is 19.2. The van der Waals surface area contributed by atoms with Gasteiger partial charge in [0, 0.05) is 10.6 Å². The van der Waals surface area contributed by atoms with Crippen molar-refractivity contribution in [3.8, 4) is 6.07 Å². The quantitative estimate of drug-likeness (QED) is 0.373. The molecule has 2 heterocycles. The second-order valence-corrected chi connectivity index (χ2v) is 9.47.